The van der Waals surface area contributed by atoms with Crippen LogP contribution >= 0.6 is 11.3 Å². The van der Waals surface area contributed by atoms with Crippen LogP contribution in [0.15, 0.2) is 42.6 Å². The number of sulfonamides is 1. The lowest BCUT2D eigenvalue weighted by Crippen LogP contribution is -2.46. The second-order valence-corrected chi connectivity index (χ2v) is 10.6. The third kappa shape index (κ3) is 4.38. The lowest BCUT2D eigenvalue weighted by Gasteiger charge is -2.32. The van der Waals surface area contributed by atoms with Gasteiger partial charge in [-0.1, -0.05) is 29.5 Å². The predicted octanol–water partition coefficient (Wildman–Crippen LogP) is 3.20. The molecule has 3 heterocycles. The van der Waals surface area contributed by atoms with Crippen LogP contribution in [0.1, 0.15) is 24.1 Å². The molecule has 1 aromatic carbocycles. The maximum atomic E-state index is 13.6. The summed E-state index contributed by atoms with van der Waals surface area (Å²) in [7, 11) is -3.33. The highest BCUT2D eigenvalue weighted by atomic mass is 32.2. The molecule has 0 bridgehead atoms. The number of hydrogen-bond donors (Lipinski definition) is 0. The van der Waals surface area contributed by atoms with Crippen molar-refractivity contribution in [1.82, 2.24) is 14.3 Å². The largest absolute Gasteiger partial charge is 0.282 e. The molecule has 4 rings (SSSR count). The number of aromatic nitrogens is 2. The number of amides is 1. The lowest BCUT2D eigenvalue weighted by molar-refractivity contribution is -0.123. The Bertz CT molecular complexity index is 1160. The van der Waals surface area contributed by atoms with Crippen LogP contribution in [0.2, 0.25) is 0 Å². The molecule has 0 N–H and O–H groups in total. The highest BCUT2D eigenvalue weighted by Gasteiger charge is 2.34. The van der Waals surface area contributed by atoms with E-state index in [1.165, 1.54) is 21.9 Å². The molecule has 158 valence electrons. The lowest BCUT2D eigenvalue weighted by atomic mass is 9.98. The van der Waals surface area contributed by atoms with Crippen LogP contribution in [0.5, 0.6) is 0 Å². The first-order valence-corrected chi connectivity index (χ1v) is 12.5. The Kier molecular flexibility index (Phi) is 5.86. The molecular formula is C21H24N4O3S2. The number of rotatable bonds is 5. The number of pyridine rings is 1. The summed E-state index contributed by atoms with van der Waals surface area (Å²) in [5, 5.41) is 0.617. The van der Waals surface area contributed by atoms with Crippen LogP contribution in [-0.4, -0.2) is 47.9 Å². The van der Waals surface area contributed by atoms with Crippen molar-refractivity contribution in [2.45, 2.75) is 26.3 Å². The summed E-state index contributed by atoms with van der Waals surface area (Å²) >= 11 is 1.47. The zero-order valence-electron chi connectivity index (χ0n) is 17.0. The van der Waals surface area contributed by atoms with Crippen LogP contribution in [0.3, 0.4) is 0 Å². The Hall–Kier alpha value is -2.36. The molecule has 2 aromatic heterocycles. The van der Waals surface area contributed by atoms with Crippen LogP contribution in [0, 0.1) is 12.8 Å². The number of para-hydroxylation sites is 1. The van der Waals surface area contributed by atoms with Gasteiger partial charge in [-0.25, -0.2) is 17.7 Å². The Morgan fingerprint density at radius 2 is 2.10 bits per heavy atom. The van der Waals surface area contributed by atoms with E-state index in [0.29, 0.717) is 31.1 Å². The van der Waals surface area contributed by atoms with Gasteiger partial charge < -0.3 is 0 Å². The normalized spacial score (nSPS) is 17.9. The zero-order chi connectivity index (χ0) is 21.3. The Balaban J connectivity index is 1.69. The first-order chi connectivity index (χ1) is 14.3. The Morgan fingerprint density at radius 3 is 2.80 bits per heavy atom. The summed E-state index contributed by atoms with van der Waals surface area (Å²) in [6.07, 6.45) is 4.22. The minimum absolute atomic E-state index is 0.106. The second kappa shape index (κ2) is 8.41. The van der Waals surface area contributed by atoms with Crippen molar-refractivity contribution in [1.29, 1.82) is 0 Å². The van der Waals surface area contributed by atoms with Crippen molar-refractivity contribution in [2.75, 3.05) is 24.2 Å². The highest BCUT2D eigenvalue weighted by Crippen LogP contribution is 2.33. The van der Waals surface area contributed by atoms with Crippen molar-refractivity contribution in [3.63, 3.8) is 0 Å². The van der Waals surface area contributed by atoms with Gasteiger partial charge in [0, 0.05) is 19.3 Å². The molecule has 30 heavy (non-hydrogen) atoms. The molecule has 1 aliphatic rings. The molecule has 0 saturated carbocycles. The van der Waals surface area contributed by atoms with Gasteiger partial charge in [0.15, 0.2) is 5.13 Å². The van der Waals surface area contributed by atoms with Gasteiger partial charge in [0.1, 0.15) is 0 Å². The van der Waals surface area contributed by atoms with E-state index in [0.717, 1.165) is 21.5 Å². The van der Waals surface area contributed by atoms with Crippen molar-refractivity contribution in [2.24, 2.45) is 5.92 Å². The molecule has 1 atom stereocenters. The summed E-state index contributed by atoms with van der Waals surface area (Å²) in [4.78, 5) is 24.4. The molecule has 3 aromatic rings. The maximum Gasteiger partial charge on any atom is 0.233 e. The van der Waals surface area contributed by atoms with Crippen molar-refractivity contribution < 1.29 is 13.2 Å². The van der Waals surface area contributed by atoms with E-state index in [1.807, 2.05) is 43.3 Å². The summed E-state index contributed by atoms with van der Waals surface area (Å²) in [5.74, 6) is -0.504. The van der Waals surface area contributed by atoms with Gasteiger partial charge in [0.05, 0.1) is 34.6 Å². The first-order valence-electron chi connectivity index (χ1n) is 9.85. The Labute approximate surface area is 180 Å². The SMILES string of the molecule is Cc1cccc2sc(N(Cc3ccccn3)C(=O)[C@@H]3CCCN(S(C)(=O)=O)C3)nc12. The second-order valence-electron chi connectivity index (χ2n) is 7.62. The van der Waals surface area contributed by atoms with E-state index in [-0.39, 0.29) is 12.5 Å². The molecule has 0 radical (unpaired) electrons. The van der Waals surface area contributed by atoms with E-state index < -0.39 is 15.9 Å². The van der Waals surface area contributed by atoms with Gasteiger partial charge >= 0.3 is 0 Å². The van der Waals surface area contributed by atoms with Gasteiger partial charge in [0.2, 0.25) is 15.9 Å². The Morgan fingerprint density at radius 1 is 1.27 bits per heavy atom. The predicted molar refractivity (Wildman–Crippen MR) is 119 cm³/mol. The van der Waals surface area contributed by atoms with E-state index >= 15 is 0 Å². The van der Waals surface area contributed by atoms with Gasteiger partial charge in [-0.3, -0.25) is 14.7 Å². The highest BCUT2D eigenvalue weighted by molar-refractivity contribution is 7.88. The molecule has 0 unspecified atom stereocenters. The van der Waals surface area contributed by atoms with E-state index in [1.54, 1.807) is 11.1 Å². The average molecular weight is 445 g/mol. The zero-order valence-corrected chi connectivity index (χ0v) is 18.6. The van der Waals surface area contributed by atoms with Crippen LogP contribution < -0.4 is 4.90 Å². The number of thiazole rings is 1. The summed E-state index contributed by atoms with van der Waals surface area (Å²) in [6, 6.07) is 11.6. The number of aryl methyl sites for hydroxylation is 1. The number of hydrogen-bond acceptors (Lipinski definition) is 6. The molecule has 0 spiro atoms. The van der Waals surface area contributed by atoms with Gasteiger partial charge in [-0.05, 0) is 43.5 Å². The molecule has 0 aliphatic carbocycles. The van der Waals surface area contributed by atoms with Gasteiger partial charge in [0.25, 0.3) is 0 Å². The minimum atomic E-state index is -3.33. The fourth-order valence-electron chi connectivity index (χ4n) is 3.75. The summed E-state index contributed by atoms with van der Waals surface area (Å²) < 4.78 is 26.5. The number of anilines is 1. The van der Waals surface area contributed by atoms with E-state index in [2.05, 4.69) is 4.98 Å². The smallest absolute Gasteiger partial charge is 0.233 e. The molecule has 1 amide bonds. The van der Waals surface area contributed by atoms with E-state index in [4.69, 9.17) is 4.98 Å². The average Bonchev–Trinajstić information content (AvgIpc) is 3.17. The third-order valence-electron chi connectivity index (χ3n) is 5.36. The summed E-state index contributed by atoms with van der Waals surface area (Å²) in [6.45, 7) is 2.97. The van der Waals surface area contributed by atoms with E-state index in [9.17, 15) is 13.2 Å². The number of benzene rings is 1. The molecular weight excluding hydrogens is 420 g/mol. The quantitative estimate of drug-likeness (QED) is 0.603. The standard InChI is InChI=1S/C21H24N4O3S2/c1-15-7-5-10-18-19(15)23-21(29-18)25(14-17-9-3-4-11-22-17)20(26)16-8-6-12-24(13-16)30(2,27)28/h3-5,7,9-11,16H,6,8,12-14H2,1-2H3/t16-/m1/s1. The first kappa shape index (κ1) is 20.9. The number of fused-ring (bicyclic) bond motifs is 1. The molecule has 1 aliphatic heterocycles. The maximum absolute atomic E-state index is 13.6. The van der Waals surface area contributed by atoms with Crippen LogP contribution in [0.4, 0.5) is 5.13 Å². The fraction of sp³-hybridized carbons (Fsp3) is 0.381. The minimum Gasteiger partial charge on any atom is -0.282 e. The van der Waals surface area contributed by atoms with Crippen molar-refractivity contribution in [3.8, 4) is 0 Å². The van der Waals surface area contributed by atoms with Crippen LogP contribution in [0.25, 0.3) is 10.2 Å². The number of piperidine rings is 1. The third-order valence-corrected chi connectivity index (χ3v) is 7.67. The molecule has 7 nitrogen and oxygen atoms in total. The number of nitrogens with zero attached hydrogens (tertiary/aromatic N) is 4. The number of carbonyl (C=O) groups excluding carboxylic acids is 1. The van der Waals surface area contributed by atoms with Crippen LogP contribution in [-0.2, 0) is 21.4 Å². The molecule has 9 heteroatoms. The summed E-state index contributed by atoms with van der Waals surface area (Å²) in [5.41, 5.74) is 2.71. The molecule has 1 fully saturated rings. The monoisotopic (exact) mass is 444 g/mol. The fourth-order valence-corrected chi connectivity index (χ4v) is 5.71. The van der Waals surface area contributed by atoms with Gasteiger partial charge in [-0.15, -0.1) is 0 Å². The topological polar surface area (TPSA) is 83.5 Å². The van der Waals surface area contributed by atoms with Crippen molar-refractivity contribution >= 4 is 42.6 Å². The number of carbonyl (C=O) groups is 1. The van der Waals surface area contributed by atoms with Gasteiger partial charge in [-0.2, -0.15) is 0 Å². The van der Waals surface area contributed by atoms with Crippen molar-refractivity contribution in [3.05, 3.63) is 53.9 Å². The molecule has 1 saturated heterocycles.